The summed E-state index contributed by atoms with van der Waals surface area (Å²) >= 11 is 0. The van der Waals surface area contributed by atoms with Crippen LogP contribution in [0.4, 0.5) is 5.69 Å². The molecule has 0 aliphatic carbocycles. The average molecular weight is 255 g/mol. The van der Waals surface area contributed by atoms with Crippen molar-refractivity contribution in [3.8, 4) is 11.5 Å². The lowest BCUT2D eigenvalue weighted by molar-refractivity contribution is 0.304. The molecule has 3 rings (SSSR count). The van der Waals surface area contributed by atoms with Gasteiger partial charge in [0.2, 0.25) is 0 Å². The van der Waals surface area contributed by atoms with Crippen molar-refractivity contribution in [2.45, 2.75) is 19.4 Å². The van der Waals surface area contributed by atoms with Crippen LogP contribution in [0.25, 0.3) is 0 Å². The first-order valence-corrected chi connectivity index (χ1v) is 6.59. The zero-order valence-electron chi connectivity index (χ0n) is 10.7. The van der Waals surface area contributed by atoms with Gasteiger partial charge < -0.3 is 15.2 Å². The molecular formula is C16H17NO2. The van der Waals surface area contributed by atoms with Crippen molar-refractivity contribution in [2.75, 3.05) is 11.9 Å². The monoisotopic (exact) mass is 255 g/mol. The van der Waals surface area contributed by atoms with E-state index in [4.69, 9.17) is 4.74 Å². The van der Waals surface area contributed by atoms with Crippen LogP contribution in [-0.4, -0.2) is 11.7 Å². The molecule has 0 aromatic heterocycles. The van der Waals surface area contributed by atoms with Gasteiger partial charge in [-0.25, -0.2) is 0 Å². The first-order chi connectivity index (χ1) is 9.31. The summed E-state index contributed by atoms with van der Waals surface area (Å²) < 4.78 is 5.68. The number of aromatic hydroxyl groups is 1. The minimum Gasteiger partial charge on any atom is -0.508 e. The number of phenolic OH excluding ortho intramolecular Hbond substituents is 1. The van der Waals surface area contributed by atoms with Gasteiger partial charge in [-0.15, -0.1) is 0 Å². The van der Waals surface area contributed by atoms with E-state index >= 15 is 0 Å². The highest BCUT2D eigenvalue weighted by Crippen LogP contribution is 2.24. The van der Waals surface area contributed by atoms with Gasteiger partial charge in [-0.05, 0) is 42.2 Å². The number of phenols is 1. The molecule has 2 N–H and O–H groups in total. The third-order valence-corrected chi connectivity index (χ3v) is 3.33. The van der Waals surface area contributed by atoms with Crippen molar-refractivity contribution >= 4 is 5.69 Å². The lowest BCUT2D eigenvalue weighted by Crippen LogP contribution is -2.12. The lowest BCUT2D eigenvalue weighted by atomic mass is 10.0. The Morgan fingerprint density at radius 3 is 3.00 bits per heavy atom. The quantitative estimate of drug-likeness (QED) is 0.884. The molecule has 0 radical (unpaired) electrons. The van der Waals surface area contributed by atoms with E-state index in [1.807, 2.05) is 6.07 Å². The third-order valence-electron chi connectivity index (χ3n) is 3.33. The molecule has 98 valence electrons. The summed E-state index contributed by atoms with van der Waals surface area (Å²) in [5.41, 5.74) is 3.77. The van der Waals surface area contributed by atoms with Gasteiger partial charge in [0.15, 0.2) is 0 Å². The SMILES string of the molecule is Oc1cccc(OCc2ccc3c(c2)CCCN3)c1. The number of hydrogen-bond donors (Lipinski definition) is 2. The zero-order valence-corrected chi connectivity index (χ0v) is 10.7. The number of benzene rings is 2. The van der Waals surface area contributed by atoms with Crippen LogP contribution >= 0.6 is 0 Å². The molecule has 0 spiro atoms. The van der Waals surface area contributed by atoms with Gasteiger partial charge in [-0.3, -0.25) is 0 Å². The molecule has 0 amide bonds. The Kier molecular flexibility index (Phi) is 3.27. The number of anilines is 1. The molecule has 2 aromatic carbocycles. The maximum Gasteiger partial charge on any atom is 0.123 e. The number of nitrogens with one attached hydrogen (secondary N) is 1. The maximum absolute atomic E-state index is 9.38. The van der Waals surface area contributed by atoms with E-state index in [1.165, 1.54) is 17.7 Å². The third kappa shape index (κ3) is 2.81. The normalized spacial score (nSPS) is 13.5. The number of ether oxygens (including phenoxy) is 1. The molecule has 1 heterocycles. The highest BCUT2D eigenvalue weighted by Gasteiger charge is 2.08. The van der Waals surface area contributed by atoms with E-state index in [0.717, 1.165) is 18.5 Å². The predicted octanol–water partition coefficient (Wildman–Crippen LogP) is 3.33. The minimum atomic E-state index is 0.229. The van der Waals surface area contributed by atoms with Crippen molar-refractivity contribution in [1.29, 1.82) is 0 Å². The Morgan fingerprint density at radius 2 is 2.11 bits per heavy atom. The molecule has 19 heavy (non-hydrogen) atoms. The lowest BCUT2D eigenvalue weighted by Gasteiger charge is -2.18. The van der Waals surface area contributed by atoms with Gasteiger partial charge in [0.25, 0.3) is 0 Å². The minimum absolute atomic E-state index is 0.229. The molecule has 2 aromatic rings. The zero-order chi connectivity index (χ0) is 13.1. The topological polar surface area (TPSA) is 41.5 Å². The fourth-order valence-corrected chi connectivity index (χ4v) is 2.36. The Labute approximate surface area is 112 Å². The van der Waals surface area contributed by atoms with Crippen LogP contribution in [0, 0.1) is 0 Å². The van der Waals surface area contributed by atoms with Crippen LogP contribution in [0.1, 0.15) is 17.5 Å². The van der Waals surface area contributed by atoms with Gasteiger partial charge in [0.1, 0.15) is 18.1 Å². The smallest absolute Gasteiger partial charge is 0.123 e. The first-order valence-electron chi connectivity index (χ1n) is 6.59. The van der Waals surface area contributed by atoms with Gasteiger partial charge in [0, 0.05) is 18.3 Å². The molecule has 0 saturated heterocycles. The average Bonchev–Trinajstić information content (AvgIpc) is 2.45. The molecule has 0 fully saturated rings. The molecule has 1 aliphatic heterocycles. The number of fused-ring (bicyclic) bond motifs is 1. The van der Waals surface area contributed by atoms with E-state index in [2.05, 4.69) is 23.5 Å². The molecule has 1 aliphatic rings. The predicted molar refractivity (Wildman–Crippen MR) is 75.7 cm³/mol. The second kappa shape index (κ2) is 5.22. The summed E-state index contributed by atoms with van der Waals surface area (Å²) in [5, 5.41) is 12.8. The molecule has 0 bridgehead atoms. The second-order valence-electron chi connectivity index (χ2n) is 4.81. The summed E-state index contributed by atoms with van der Waals surface area (Å²) in [6, 6.07) is 13.3. The summed E-state index contributed by atoms with van der Waals surface area (Å²) in [6.45, 7) is 1.59. The van der Waals surface area contributed by atoms with Crippen LogP contribution in [0.5, 0.6) is 11.5 Å². The highest BCUT2D eigenvalue weighted by atomic mass is 16.5. The van der Waals surface area contributed by atoms with Crippen LogP contribution in [-0.2, 0) is 13.0 Å². The van der Waals surface area contributed by atoms with Crippen LogP contribution in [0.2, 0.25) is 0 Å². The van der Waals surface area contributed by atoms with Crippen LogP contribution in [0.15, 0.2) is 42.5 Å². The fourth-order valence-electron chi connectivity index (χ4n) is 2.36. The largest absolute Gasteiger partial charge is 0.508 e. The second-order valence-corrected chi connectivity index (χ2v) is 4.81. The van der Waals surface area contributed by atoms with Crippen molar-refractivity contribution in [1.82, 2.24) is 0 Å². The fraction of sp³-hybridized carbons (Fsp3) is 0.250. The van der Waals surface area contributed by atoms with E-state index in [9.17, 15) is 5.11 Å². The van der Waals surface area contributed by atoms with Crippen molar-refractivity contribution in [2.24, 2.45) is 0 Å². The van der Waals surface area contributed by atoms with E-state index < -0.39 is 0 Å². The molecule has 3 heteroatoms. The van der Waals surface area contributed by atoms with Crippen molar-refractivity contribution < 1.29 is 9.84 Å². The molecule has 3 nitrogen and oxygen atoms in total. The Bertz CT molecular complexity index is 581. The Morgan fingerprint density at radius 1 is 1.16 bits per heavy atom. The van der Waals surface area contributed by atoms with Gasteiger partial charge in [0.05, 0.1) is 0 Å². The number of rotatable bonds is 3. The van der Waals surface area contributed by atoms with Gasteiger partial charge in [-0.1, -0.05) is 18.2 Å². The van der Waals surface area contributed by atoms with E-state index in [1.54, 1.807) is 18.2 Å². The molecule has 0 atom stereocenters. The first kappa shape index (κ1) is 11.9. The molecule has 0 unspecified atom stereocenters. The summed E-state index contributed by atoms with van der Waals surface area (Å²) in [7, 11) is 0. The summed E-state index contributed by atoms with van der Waals surface area (Å²) in [4.78, 5) is 0. The summed E-state index contributed by atoms with van der Waals surface area (Å²) in [6.07, 6.45) is 2.31. The van der Waals surface area contributed by atoms with E-state index in [-0.39, 0.29) is 5.75 Å². The van der Waals surface area contributed by atoms with Gasteiger partial charge >= 0.3 is 0 Å². The van der Waals surface area contributed by atoms with E-state index in [0.29, 0.717) is 12.4 Å². The highest BCUT2D eigenvalue weighted by molar-refractivity contribution is 5.54. The van der Waals surface area contributed by atoms with Crippen molar-refractivity contribution in [3.63, 3.8) is 0 Å². The molecular weight excluding hydrogens is 238 g/mol. The molecule has 0 saturated carbocycles. The van der Waals surface area contributed by atoms with Crippen LogP contribution in [0.3, 0.4) is 0 Å². The maximum atomic E-state index is 9.38. The summed E-state index contributed by atoms with van der Waals surface area (Å²) in [5.74, 6) is 0.919. The van der Waals surface area contributed by atoms with Gasteiger partial charge in [-0.2, -0.15) is 0 Å². The number of hydrogen-bond acceptors (Lipinski definition) is 3. The standard InChI is InChI=1S/C16H17NO2/c18-14-4-1-5-15(10-14)19-11-12-6-7-16-13(9-12)3-2-8-17-16/h1,4-7,9-10,17-18H,2-3,8,11H2. The Hall–Kier alpha value is -2.16. The van der Waals surface area contributed by atoms with Crippen molar-refractivity contribution in [3.05, 3.63) is 53.6 Å². The number of aryl methyl sites for hydroxylation is 1. The van der Waals surface area contributed by atoms with Crippen LogP contribution < -0.4 is 10.1 Å². The Balaban J connectivity index is 1.70.